The number of hydrogen-bond donors (Lipinski definition) is 0. The topological polar surface area (TPSA) is 69.6 Å². The Morgan fingerprint density at radius 2 is 1.72 bits per heavy atom. The zero-order chi connectivity index (χ0) is 20.6. The van der Waals surface area contributed by atoms with Gasteiger partial charge in [-0.2, -0.15) is 5.10 Å². The molecule has 2 aromatic carbocycles. The summed E-state index contributed by atoms with van der Waals surface area (Å²) in [5.74, 6) is 2.34. The minimum atomic E-state index is -0.316. The lowest BCUT2D eigenvalue weighted by Crippen LogP contribution is -2.31. The van der Waals surface area contributed by atoms with E-state index in [9.17, 15) is 4.79 Å². The third kappa shape index (κ3) is 3.48. The van der Waals surface area contributed by atoms with Crippen molar-refractivity contribution in [2.45, 2.75) is 13.8 Å². The van der Waals surface area contributed by atoms with Crippen LogP contribution in [0.5, 0.6) is 23.0 Å². The van der Waals surface area contributed by atoms with E-state index >= 15 is 0 Å². The number of carbonyl (C=O) groups is 1. The lowest BCUT2D eigenvalue weighted by molar-refractivity contribution is 0.0752. The molecule has 0 saturated heterocycles. The van der Waals surface area contributed by atoms with Crippen LogP contribution < -0.4 is 18.9 Å². The van der Waals surface area contributed by atoms with E-state index in [0.29, 0.717) is 48.3 Å². The van der Waals surface area contributed by atoms with Crippen molar-refractivity contribution >= 4 is 11.6 Å². The first-order valence-corrected chi connectivity index (χ1v) is 9.46. The van der Waals surface area contributed by atoms with Crippen molar-refractivity contribution in [3.8, 4) is 23.0 Å². The monoisotopic (exact) mass is 396 g/mol. The lowest BCUT2D eigenvalue weighted by Gasteiger charge is -2.22. The SMILES string of the molecule is COc1ccc(C2=NN(C(=O)c3ccc4c(c3)OCCO4)CC2(C)C)cc1OC. The molecule has 0 atom stereocenters. The molecule has 29 heavy (non-hydrogen) atoms. The van der Waals surface area contributed by atoms with Gasteiger partial charge >= 0.3 is 0 Å². The van der Waals surface area contributed by atoms with Crippen molar-refractivity contribution in [3.05, 3.63) is 47.5 Å². The van der Waals surface area contributed by atoms with Crippen molar-refractivity contribution < 1.29 is 23.7 Å². The summed E-state index contributed by atoms with van der Waals surface area (Å²) >= 11 is 0. The Morgan fingerprint density at radius 1 is 1.00 bits per heavy atom. The molecule has 0 spiro atoms. The quantitative estimate of drug-likeness (QED) is 0.793. The van der Waals surface area contributed by atoms with Gasteiger partial charge in [-0.3, -0.25) is 4.79 Å². The normalized spacial score (nSPS) is 17.0. The van der Waals surface area contributed by atoms with Crippen LogP contribution in [-0.2, 0) is 0 Å². The van der Waals surface area contributed by atoms with Gasteiger partial charge in [-0.25, -0.2) is 5.01 Å². The number of hydrogen-bond acceptors (Lipinski definition) is 6. The molecular weight excluding hydrogens is 372 g/mol. The van der Waals surface area contributed by atoms with Gasteiger partial charge in [-0.05, 0) is 36.4 Å². The molecule has 2 aliphatic rings. The lowest BCUT2D eigenvalue weighted by atomic mass is 9.84. The highest BCUT2D eigenvalue weighted by Crippen LogP contribution is 2.36. The van der Waals surface area contributed by atoms with E-state index in [2.05, 4.69) is 18.9 Å². The number of rotatable bonds is 4. The summed E-state index contributed by atoms with van der Waals surface area (Å²) in [6.45, 7) is 5.60. The highest BCUT2D eigenvalue weighted by atomic mass is 16.6. The zero-order valence-corrected chi connectivity index (χ0v) is 17.0. The average molecular weight is 396 g/mol. The number of carbonyl (C=O) groups excluding carboxylic acids is 1. The van der Waals surface area contributed by atoms with Crippen LogP contribution >= 0.6 is 0 Å². The fourth-order valence-electron chi connectivity index (χ4n) is 3.62. The second kappa shape index (κ2) is 7.31. The summed E-state index contributed by atoms with van der Waals surface area (Å²) in [4.78, 5) is 13.1. The van der Waals surface area contributed by atoms with Gasteiger partial charge in [0.2, 0.25) is 0 Å². The van der Waals surface area contributed by atoms with E-state index in [1.807, 2.05) is 18.2 Å². The number of fused-ring (bicyclic) bond motifs is 1. The van der Waals surface area contributed by atoms with Gasteiger partial charge < -0.3 is 18.9 Å². The van der Waals surface area contributed by atoms with Gasteiger partial charge in [0.25, 0.3) is 5.91 Å². The Kier molecular flexibility index (Phi) is 4.82. The van der Waals surface area contributed by atoms with Crippen LogP contribution in [0.25, 0.3) is 0 Å². The molecule has 0 aromatic heterocycles. The van der Waals surface area contributed by atoms with E-state index < -0.39 is 0 Å². The van der Waals surface area contributed by atoms with Crippen LogP contribution in [-0.4, -0.2) is 50.6 Å². The Labute approximate surface area is 169 Å². The molecule has 0 bridgehead atoms. The molecule has 7 heteroatoms. The third-order valence-corrected chi connectivity index (χ3v) is 5.09. The molecule has 0 radical (unpaired) electrons. The Hall–Kier alpha value is -3.22. The first kappa shape index (κ1) is 19.1. The van der Waals surface area contributed by atoms with Crippen LogP contribution in [0.3, 0.4) is 0 Å². The van der Waals surface area contributed by atoms with Gasteiger partial charge in [0, 0.05) is 16.5 Å². The van der Waals surface area contributed by atoms with Crippen molar-refractivity contribution in [1.82, 2.24) is 5.01 Å². The molecular formula is C22H24N2O5. The first-order chi connectivity index (χ1) is 13.9. The van der Waals surface area contributed by atoms with Gasteiger partial charge in [-0.15, -0.1) is 0 Å². The molecule has 0 unspecified atom stereocenters. The summed E-state index contributed by atoms with van der Waals surface area (Å²) in [5, 5.41) is 6.17. The van der Waals surface area contributed by atoms with E-state index in [4.69, 9.17) is 18.9 Å². The highest BCUT2D eigenvalue weighted by molar-refractivity contribution is 6.08. The Bertz CT molecular complexity index is 983. The molecule has 0 N–H and O–H groups in total. The van der Waals surface area contributed by atoms with Gasteiger partial charge in [-0.1, -0.05) is 13.8 Å². The summed E-state index contributed by atoms with van der Waals surface area (Å²) in [6.07, 6.45) is 0. The summed E-state index contributed by atoms with van der Waals surface area (Å²) in [6, 6.07) is 10.9. The fourth-order valence-corrected chi connectivity index (χ4v) is 3.62. The fraction of sp³-hybridized carbons (Fsp3) is 0.364. The van der Waals surface area contributed by atoms with Crippen LogP contribution in [0.15, 0.2) is 41.5 Å². The molecule has 152 valence electrons. The number of benzene rings is 2. The van der Waals surface area contributed by atoms with Gasteiger partial charge in [0.05, 0.1) is 26.5 Å². The summed E-state index contributed by atoms with van der Waals surface area (Å²) < 4.78 is 21.9. The Balaban J connectivity index is 1.65. The van der Waals surface area contributed by atoms with E-state index in [1.165, 1.54) is 5.01 Å². The van der Waals surface area contributed by atoms with Gasteiger partial charge in [0.15, 0.2) is 23.0 Å². The molecule has 2 aromatic rings. The van der Waals surface area contributed by atoms with E-state index in [0.717, 1.165) is 11.3 Å². The van der Waals surface area contributed by atoms with Crippen molar-refractivity contribution in [1.29, 1.82) is 0 Å². The van der Waals surface area contributed by atoms with Crippen LogP contribution in [0.2, 0.25) is 0 Å². The minimum absolute atomic E-state index is 0.175. The van der Waals surface area contributed by atoms with Crippen LogP contribution in [0.1, 0.15) is 29.8 Å². The molecule has 2 aliphatic heterocycles. The molecule has 0 aliphatic carbocycles. The third-order valence-electron chi connectivity index (χ3n) is 5.09. The maximum atomic E-state index is 13.1. The molecule has 0 fully saturated rings. The minimum Gasteiger partial charge on any atom is -0.493 e. The van der Waals surface area contributed by atoms with Gasteiger partial charge in [0.1, 0.15) is 13.2 Å². The maximum absolute atomic E-state index is 13.1. The average Bonchev–Trinajstić information content (AvgIpc) is 3.07. The first-order valence-electron chi connectivity index (χ1n) is 9.46. The highest BCUT2D eigenvalue weighted by Gasteiger charge is 2.38. The number of methoxy groups -OCH3 is 2. The van der Waals surface area contributed by atoms with E-state index in [1.54, 1.807) is 32.4 Å². The summed E-state index contributed by atoms with van der Waals surface area (Å²) in [5.41, 5.74) is 1.92. The molecule has 4 rings (SSSR count). The number of nitrogens with zero attached hydrogens (tertiary/aromatic N) is 2. The smallest absolute Gasteiger partial charge is 0.274 e. The van der Waals surface area contributed by atoms with E-state index in [-0.39, 0.29) is 11.3 Å². The Morgan fingerprint density at radius 3 is 2.45 bits per heavy atom. The predicted octanol–water partition coefficient (Wildman–Crippen LogP) is 3.36. The maximum Gasteiger partial charge on any atom is 0.274 e. The molecule has 1 amide bonds. The predicted molar refractivity (Wildman–Crippen MR) is 108 cm³/mol. The van der Waals surface area contributed by atoms with Crippen molar-refractivity contribution in [2.75, 3.05) is 34.0 Å². The summed E-state index contributed by atoms with van der Waals surface area (Å²) in [7, 11) is 3.20. The zero-order valence-electron chi connectivity index (χ0n) is 17.0. The number of ether oxygens (including phenoxy) is 4. The molecule has 0 saturated carbocycles. The van der Waals surface area contributed by atoms with Crippen molar-refractivity contribution in [3.63, 3.8) is 0 Å². The van der Waals surface area contributed by atoms with Crippen LogP contribution in [0.4, 0.5) is 0 Å². The number of hydrazone groups is 1. The van der Waals surface area contributed by atoms with Crippen molar-refractivity contribution in [2.24, 2.45) is 10.5 Å². The largest absolute Gasteiger partial charge is 0.493 e. The second-order valence-electron chi connectivity index (χ2n) is 7.62. The number of amides is 1. The second-order valence-corrected chi connectivity index (χ2v) is 7.62. The molecule has 2 heterocycles. The molecule has 7 nitrogen and oxygen atoms in total. The standard InChI is InChI=1S/C22H24N2O5/c1-22(2)13-24(21(25)15-6-8-17-19(12-15)29-10-9-28-17)23-20(22)14-5-7-16(26-3)18(11-14)27-4/h5-8,11-12H,9-10,13H2,1-4H3. The van der Waals surface area contributed by atoms with Crippen LogP contribution in [0, 0.1) is 5.41 Å².